The first kappa shape index (κ1) is 14.4. The first-order valence-corrected chi connectivity index (χ1v) is 6.43. The van der Waals surface area contributed by atoms with E-state index in [0.717, 1.165) is 12.5 Å². The molecule has 96 valence electrons. The Morgan fingerprint density at radius 1 is 1.41 bits per heavy atom. The summed E-state index contributed by atoms with van der Waals surface area (Å²) in [6.07, 6.45) is 1.30. The van der Waals surface area contributed by atoms with Gasteiger partial charge in [-0.2, -0.15) is 0 Å². The van der Waals surface area contributed by atoms with Gasteiger partial charge in [0.25, 0.3) is 0 Å². The van der Waals surface area contributed by atoms with E-state index in [0.29, 0.717) is 17.1 Å². The van der Waals surface area contributed by atoms with Crippen LogP contribution >= 0.6 is 11.8 Å². The third kappa shape index (κ3) is 5.02. The number of thioether (sulfide) groups is 1. The minimum Gasteiger partial charge on any atom is -0.389 e. The molecular formula is C12H17F2NOS. The number of rotatable bonds is 6. The van der Waals surface area contributed by atoms with Crippen LogP contribution in [0, 0.1) is 11.6 Å². The highest BCUT2D eigenvalue weighted by atomic mass is 32.2. The van der Waals surface area contributed by atoms with Crippen molar-refractivity contribution in [3.8, 4) is 0 Å². The molecule has 1 aromatic rings. The largest absolute Gasteiger partial charge is 0.389 e. The van der Waals surface area contributed by atoms with Crippen molar-refractivity contribution in [2.75, 3.05) is 12.3 Å². The molecule has 0 aliphatic carbocycles. The van der Waals surface area contributed by atoms with Crippen LogP contribution in [-0.4, -0.2) is 23.0 Å². The highest BCUT2D eigenvalue weighted by Crippen LogP contribution is 2.24. The molecular weight excluding hydrogens is 244 g/mol. The Hall–Kier alpha value is -0.650. The van der Waals surface area contributed by atoms with Crippen LogP contribution in [0.2, 0.25) is 0 Å². The molecule has 0 spiro atoms. The molecule has 0 fully saturated rings. The third-order valence-electron chi connectivity index (χ3n) is 2.45. The van der Waals surface area contributed by atoms with Crippen LogP contribution in [0.1, 0.15) is 19.8 Å². The summed E-state index contributed by atoms with van der Waals surface area (Å²) in [5.41, 5.74) is 4.52. The van der Waals surface area contributed by atoms with Crippen molar-refractivity contribution >= 4 is 11.8 Å². The molecule has 0 bridgehead atoms. The smallest absolute Gasteiger partial charge is 0.139 e. The molecule has 1 rings (SSSR count). The maximum Gasteiger partial charge on any atom is 0.139 e. The fourth-order valence-electron chi connectivity index (χ4n) is 1.33. The summed E-state index contributed by atoms with van der Waals surface area (Å²) >= 11 is 1.31. The Morgan fingerprint density at radius 3 is 2.71 bits per heavy atom. The topological polar surface area (TPSA) is 46.2 Å². The Morgan fingerprint density at radius 2 is 2.12 bits per heavy atom. The molecule has 0 aliphatic heterocycles. The van der Waals surface area contributed by atoms with Crippen LogP contribution in [0.5, 0.6) is 0 Å². The molecule has 0 aromatic heterocycles. The average Bonchev–Trinajstić information content (AvgIpc) is 2.27. The van der Waals surface area contributed by atoms with E-state index in [1.54, 1.807) is 6.92 Å². The molecule has 1 unspecified atom stereocenters. The minimum atomic E-state index is -0.859. The second-order valence-electron chi connectivity index (χ2n) is 4.23. The Kier molecular flexibility index (Phi) is 5.36. The second-order valence-corrected chi connectivity index (χ2v) is 5.36. The standard InChI is InChI=1S/C12H17F2NOS/c1-12(16,8-15)5-2-6-17-11-4-3-9(13)7-10(11)14/h3-4,7,16H,2,5-6,8,15H2,1H3. The van der Waals surface area contributed by atoms with Crippen molar-refractivity contribution in [1.29, 1.82) is 0 Å². The number of halogens is 2. The van der Waals surface area contributed by atoms with Gasteiger partial charge in [0.1, 0.15) is 11.6 Å². The molecule has 1 atom stereocenters. The van der Waals surface area contributed by atoms with Crippen molar-refractivity contribution in [3.63, 3.8) is 0 Å². The molecule has 2 nitrogen and oxygen atoms in total. The van der Waals surface area contributed by atoms with Gasteiger partial charge in [-0.1, -0.05) is 0 Å². The van der Waals surface area contributed by atoms with Crippen molar-refractivity contribution in [2.24, 2.45) is 5.73 Å². The summed E-state index contributed by atoms with van der Waals surface area (Å²) in [4.78, 5) is 0.429. The summed E-state index contributed by atoms with van der Waals surface area (Å²) < 4.78 is 25.9. The van der Waals surface area contributed by atoms with E-state index in [9.17, 15) is 13.9 Å². The van der Waals surface area contributed by atoms with Crippen molar-refractivity contribution in [1.82, 2.24) is 0 Å². The summed E-state index contributed by atoms with van der Waals surface area (Å²) in [5.74, 6) is -0.447. The second kappa shape index (κ2) is 6.33. The fraction of sp³-hybridized carbons (Fsp3) is 0.500. The number of hydrogen-bond acceptors (Lipinski definition) is 3. The highest BCUT2D eigenvalue weighted by Gasteiger charge is 2.17. The normalized spacial score (nSPS) is 14.6. The Labute approximate surface area is 104 Å². The van der Waals surface area contributed by atoms with Gasteiger partial charge in [-0.3, -0.25) is 0 Å². The maximum absolute atomic E-state index is 13.2. The number of hydrogen-bond donors (Lipinski definition) is 2. The van der Waals surface area contributed by atoms with E-state index in [1.807, 2.05) is 0 Å². The molecule has 17 heavy (non-hydrogen) atoms. The van der Waals surface area contributed by atoms with Crippen LogP contribution in [0.4, 0.5) is 8.78 Å². The van der Waals surface area contributed by atoms with Gasteiger partial charge in [-0.25, -0.2) is 8.78 Å². The Balaban J connectivity index is 2.36. The highest BCUT2D eigenvalue weighted by molar-refractivity contribution is 7.99. The lowest BCUT2D eigenvalue weighted by molar-refractivity contribution is 0.0596. The van der Waals surface area contributed by atoms with E-state index in [2.05, 4.69) is 0 Å². The molecule has 0 radical (unpaired) electrons. The van der Waals surface area contributed by atoms with E-state index in [4.69, 9.17) is 5.73 Å². The predicted molar refractivity (Wildman–Crippen MR) is 66.0 cm³/mol. The van der Waals surface area contributed by atoms with Crippen LogP contribution in [0.3, 0.4) is 0 Å². The van der Waals surface area contributed by atoms with Gasteiger partial charge in [0.2, 0.25) is 0 Å². The third-order valence-corrected chi connectivity index (χ3v) is 3.59. The van der Waals surface area contributed by atoms with E-state index >= 15 is 0 Å². The SMILES string of the molecule is CC(O)(CN)CCCSc1ccc(F)cc1F. The van der Waals surface area contributed by atoms with Crippen molar-refractivity contribution in [3.05, 3.63) is 29.8 Å². The number of benzene rings is 1. The van der Waals surface area contributed by atoms with Crippen molar-refractivity contribution < 1.29 is 13.9 Å². The average molecular weight is 261 g/mol. The summed E-state index contributed by atoms with van der Waals surface area (Å²) in [5, 5.41) is 9.65. The minimum absolute atomic E-state index is 0.211. The lowest BCUT2D eigenvalue weighted by Crippen LogP contribution is -2.34. The first-order chi connectivity index (χ1) is 7.94. The Bertz CT molecular complexity index is 372. The van der Waals surface area contributed by atoms with Gasteiger partial charge in [0.15, 0.2) is 0 Å². The van der Waals surface area contributed by atoms with Gasteiger partial charge >= 0.3 is 0 Å². The van der Waals surface area contributed by atoms with Crippen LogP contribution < -0.4 is 5.73 Å². The quantitative estimate of drug-likeness (QED) is 0.611. The van der Waals surface area contributed by atoms with Crippen LogP contribution in [0.25, 0.3) is 0 Å². The summed E-state index contributed by atoms with van der Waals surface area (Å²) in [6.45, 7) is 1.89. The maximum atomic E-state index is 13.2. The zero-order valence-electron chi connectivity index (χ0n) is 9.75. The van der Waals surface area contributed by atoms with E-state index in [-0.39, 0.29) is 6.54 Å². The lowest BCUT2D eigenvalue weighted by Gasteiger charge is -2.20. The first-order valence-electron chi connectivity index (χ1n) is 5.45. The van der Waals surface area contributed by atoms with Crippen molar-refractivity contribution in [2.45, 2.75) is 30.3 Å². The molecule has 3 N–H and O–H groups in total. The molecule has 1 aromatic carbocycles. The molecule has 0 saturated heterocycles. The molecule has 0 amide bonds. The molecule has 0 aliphatic rings. The van der Waals surface area contributed by atoms with Gasteiger partial charge in [-0.05, 0) is 37.7 Å². The lowest BCUT2D eigenvalue weighted by atomic mass is 10.0. The number of nitrogens with two attached hydrogens (primary N) is 1. The predicted octanol–water partition coefficient (Wildman–Crippen LogP) is 2.55. The fourth-order valence-corrected chi connectivity index (χ4v) is 2.20. The number of aliphatic hydroxyl groups is 1. The van der Waals surface area contributed by atoms with Gasteiger partial charge in [0, 0.05) is 17.5 Å². The zero-order chi connectivity index (χ0) is 12.9. The van der Waals surface area contributed by atoms with Gasteiger partial charge in [-0.15, -0.1) is 11.8 Å². The molecule has 0 heterocycles. The monoisotopic (exact) mass is 261 g/mol. The summed E-state index contributed by atoms with van der Waals surface area (Å²) in [7, 11) is 0. The van der Waals surface area contributed by atoms with Crippen LogP contribution in [-0.2, 0) is 0 Å². The van der Waals surface area contributed by atoms with E-state index < -0.39 is 17.2 Å². The molecule has 5 heteroatoms. The van der Waals surface area contributed by atoms with Gasteiger partial charge < -0.3 is 10.8 Å². The summed E-state index contributed by atoms with van der Waals surface area (Å²) in [6, 6.07) is 3.54. The zero-order valence-corrected chi connectivity index (χ0v) is 10.6. The molecule has 0 saturated carbocycles. The van der Waals surface area contributed by atoms with Crippen LogP contribution in [0.15, 0.2) is 23.1 Å². The van der Waals surface area contributed by atoms with E-state index in [1.165, 1.54) is 23.9 Å². The van der Waals surface area contributed by atoms with Gasteiger partial charge in [0.05, 0.1) is 5.60 Å².